The summed E-state index contributed by atoms with van der Waals surface area (Å²) in [6.45, 7) is 7.62. The van der Waals surface area contributed by atoms with E-state index in [1.165, 1.54) is 13.5 Å². The van der Waals surface area contributed by atoms with Crippen molar-refractivity contribution < 1.29 is 19.4 Å². The van der Waals surface area contributed by atoms with Gasteiger partial charge in [-0.2, -0.15) is 0 Å². The first-order chi connectivity index (χ1) is 9.91. The van der Waals surface area contributed by atoms with Crippen LogP contribution >= 0.6 is 0 Å². The van der Waals surface area contributed by atoms with Crippen molar-refractivity contribution in [2.24, 2.45) is 5.92 Å². The highest BCUT2D eigenvalue weighted by Crippen LogP contribution is 2.30. The number of esters is 1. The first kappa shape index (κ1) is 16.5. The Labute approximate surface area is 126 Å². The number of carbonyl (C=O) groups is 1. The van der Waals surface area contributed by atoms with Crippen molar-refractivity contribution in [1.29, 1.82) is 0 Å². The molecule has 5 heteroatoms. The van der Waals surface area contributed by atoms with Gasteiger partial charge in [0.05, 0.1) is 6.10 Å². The predicted octanol–water partition coefficient (Wildman–Crippen LogP) is 1.36. The molecule has 0 saturated carbocycles. The molecule has 5 nitrogen and oxygen atoms in total. The molecule has 2 aliphatic heterocycles. The van der Waals surface area contributed by atoms with Gasteiger partial charge < -0.3 is 14.6 Å². The molecule has 0 amide bonds. The van der Waals surface area contributed by atoms with Gasteiger partial charge in [0, 0.05) is 19.7 Å². The van der Waals surface area contributed by atoms with Crippen molar-refractivity contribution in [2.75, 3.05) is 26.8 Å². The van der Waals surface area contributed by atoms with E-state index in [9.17, 15) is 9.90 Å². The first-order valence-electron chi connectivity index (χ1n) is 7.76. The van der Waals surface area contributed by atoms with Gasteiger partial charge in [0.15, 0.2) is 5.60 Å². The minimum absolute atomic E-state index is 0.269. The van der Waals surface area contributed by atoms with Gasteiger partial charge >= 0.3 is 5.97 Å². The van der Waals surface area contributed by atoms with Crippen molar-refractivity contribution in [3.63, 3.8) is 0 Å². The third-order valence-corrected chi connectivity index (χ3v) is 4.93. The maximum Gasteiger partial charge on any atom is 0.341 e. The molecule has 2 aliphatic rings. The lowest BCUT2D eigenvalue weighted by molar-refractivity contribution is -0.186. The van der Waals surface area contributed by atoms with E-state index in [0.717, 1.165) is 25.1 Å². The fraction of sp³-hybridized carbons (Fsp3) is 0.812. The molecule has 1 saturated heterocycles. The normalized spacial score (nSPS) is 26.4. The summed E-state index contributed by atoms with van der Waals surface area (Å²) in [5, 5.41) is 10.7. The van der Waals surface area contributed by atoms with E-state index >= 15 is 0 Å². The third kappa shape index (κ3) is 3.00. The molecular weight excluding hydrogens is 270 g/mol. The number of carbonyl (C=O) groups excluding carboxylic acids is 1. The van der Waals surface area contributed by atoms with E-state index in [1.54, 1.807) is 20.8 Å². The number of hydrogen-bond donors (Lipinski definition) is 1. The molecule has 3 atom stereocenters. The standard InChI is InChI=1S/C16H27NO4/c1-11(2)16(19,12(3)20-4)15(18)21-10-13-7-9-17-8-5-6-14(13)17/h7,11-12,14,19H,5-6,8-10H2,1-4H3/t12-,14-,16-/m1/s1. The maximum atomic E-state index is 12.4. The van der Waals surface area contributed by atoms with Crippen LogP contribution in [0.25, 0.3) is 0 Å². The number of ether oxygens (including phenoxy) is 2. The molecule has 2 heterocycles. The lowest BCUT2D eigenvalue weighted by atomic mass is 9.85. The Balaban J connectivity index is 1.97. The lowest BCUT2D eigenvalue weighted by Crippen LogP contribution is -2.54. The van der Waals surface area contributed by atoms with E-state index in [2.05, 4.69) is 11.0 Å². The lowest BCUT2D eigenvalue weighted by Gasteiger charge is -2.34. The van der Waals surface area contributed by atoms with E-state index in [-0.39, 0.29) is 12.5 Å². The number of hydrogen-bond acceptors (Lipinski definition) is 5. The molecule has 0 spiro atoms. The average molecular weight is 297 g/mol. The van der Waals surface area contributed by atoms with Crippen LogP contribution in [0.4, 0.5) is 0 Å². The molecule has 0 aromatic heterocycles. The molecule has 21 heavy (non-hydrogen) atoms. The van der Waals surface area contributed by atoms with Gasteiger partial charge in [0.2, 0.25) is 0 Å². The molecular formula is C16H27NO4. The monoisotopic (exact) mass is 297 g/mol. The highest BCUT2D eigenvalue weighted by Gasteiger charge is 2.47. The smallest absolute Gasteiger partial charge is 0.341 e. The summed E-state index contributed by atoms with van der Waals surface area (Å²) < 4.78 is 10.6. The fourth-order valence-corrected chi connectivity index (χ4v) is 3.31. The molecule has 2 rings (SSSR count). The molecule has 0 bridgehead atoms. The second-order valence-corrected chi connectivity index (χ2v) is 6.37. The van der Waals surface area contributed by atoms with Gasteiger partial charge in [-0.1, -0.05) is 19.9 Å². The SMILES string of the molecule is CO[C@H](C)[C@@](O)(C(=O)OCC1=CCN2CCC[C@H]12)C(C)C. The molecule has 120 valence electrons. The molecule has 0 aromatic rings. The quantitative estimate of drug-likeness (QED) is 0.592. The number of aliphatic hydroxyl groups is 1. The van der Waals surface area contributed by atoms with Crippen LogP contribution in [0.5, 0.6) is 0 Å². The minimum Gasteiger partial charge on any atom is -0.459 e. The molecule has 1 N–H and O–H groups in total. The minimum atomic E-state index is -1.61. The Morgan fingerprint density at radius 2 is 2.24 bits per heavy atom. The number of nitrogens with zero attached hydrogens (tertiary/aromatic N) is 1. The van der Waals surface area contributed by atoms with Gasteiger partial charge in [-0.05, 0) is 37.8 Å². The Hall–Kier alpha value is -0.910. The van der Waals surface area contributed by atoms with Crippen LogP contribution in [0.2, 0.25) is 0 Å². The van der Waals surface area contributed by atoms with Crippen LogP contribution in [0, 0.1) is 5.92 Å². The Morgan fingerprint density at radius 1 is 1.52 bits per heavy atom. The number of rotatable bonds is 6. The Bertz CT molecular complexity index is 421. The zero-order chi connectivity index (χ0) is 15.6. The summed E-state index contributed by atoms with van der Waals surface area (Å²) >= 11 is 0. The second-order valence-electron chi connectivity index (χ2n) is 6.37. The Kier molecular flexibility index (Phi) is 5.07. The summed E-state index contributed by atoms with van der Waals surface area (Å²) in [5.41, 5.74) is -0.444. The van der Waals surface area contributed by atoms with Crippen LogP contribution in [0.15, 0.2) is 11.6 Å². The van der Waals surface area contributed by atoms with E-state index in [0.29, 0.717) is 6.04 Å². The summed E-state index contributed by atoms with van der Waals surface area (Å²) in [6.07, 6.45) is 3.87. The maximum absolute atomic E-state index is 12.4. The van der Waals surface area contributed by atoms with E-state index in [4.69, 9.17) is 9.47 Å². The predicted molar refractivity (Wildman–Crippen MR) is 79.9 cm³/mol. The summed E-state index contributed by atoms with van der Waals surface area (Å²) in [5.74, 6) is -0.871. The summed E-state index contributed by atoms with van der Waals surface area (Å²) in [7, 11) is 1.49. The van der Waals surface area contributed by atoms with Crippen molar-refractivity contribution in [1.82, 2.24) is 4.90 Å². The van der Waals surface area contributed by atoms with Crippen molar-refractivity contribution in [2.45, 2.75) is 51.4 Å². The number of methoxy groups -OCH3 is 1. The van der Waals surface area contributed by atoms with Crippen LogP contribution in [-0.2, 0) is 14.3 Å². The van der Waals surface area contributed by atoms with Gasteiger partial charge in [-0.25, -0.2) is 4.79 Å². The van der Waals surface area contributed by atoms with Crippen LogP contribution in [-0.4, -0.2) is 60.5 Å². The zero-order valence-electron chi connectivity index (χ0n) is 13.5. The van der Waals surface area contributed by atoms with Gasteiger partial charge in [-0.15, -0.1) is 0 Å². The largest absolute Gasteiger partial charge is 0.459 e. The summed E-state index contributed by atoms with van der Waals surface area (Å²) in [4.78, 5) is 14.8. The average Bonchev–Trinajstić information content (AvgIpc) is 3.06. The highest BCUT2D eigenvalue weighted by molar-refractivity contribution is 5.80. The van der Waals surface area contributed by atoms with Crippen molar-refractivity contribution >= 4 is 5.97 Å². The van der Waals surface area contributed by atoms with Crippen LogP contribution < -0.4 is 0 Å². The van der Waals surface area contributed by atoms with Crippen LogP contribution in [0.3, 0.4) is 0 Å². The molecule has 1 fully saturated rings. The van der Waals surface area contributed by atoms with Crippen LogP contribution in [0.1, 0.15) is 33.6 Å². The second kappa shape index (κ2) is 6.46. The molecule has 0 unspecified atom stereocenters. The van der Waals surface area contributed by atoms with Gasteiger partial charge in [0.25, 0.3) is 0 Å². The third-order valence-electron chi connectivity index (χ3n) is 4.93. The van der Waals surface area contributed by atoms with Crippen molar-refractivity contribution in [3.8, 4) is 0 Å². The van der Waals surface area contributed by atoms with E-state index in [1.807, 2.05) is 0 Å². The Morgan fingerprint density at radius 3 is 2.86 bits per heavy atom. The fourth-order valence-electron chi connectivity index (χ4n) is 3.31. The van der Waals surface area contributed by atoms with E-state index < -0.39 is 17.7 Å². The van der Waals surface area contributed by atoms with Gasteiger partial charge in [0.1, 0.15) is 6.61 Å². The number of fused-ring (bicyclic) bond motifs is 1. The zero-order valence-corrected chi connectivity index (χ0v) is 13.5. The van der Waals surface area contributed by atoms with Gasteiger partial charge in [-0.3, -0.25) is 4.90 Å². The summed E-state index contributed by atoms with van der Waals surface area (Å²) in [6, 6.07) is 0.421. The first-order valence-corrected chi connectivity index (χ1v) is 7.76. The molecule has 0 radical (unpaired) electrons. The topological polar surface area (TPSA) is 59.0 Å². The molecule has 0 aliphatic carbocycles. The van der Waals surface area contributed by atoms with Crippen molar-refractivity contribution in [3.05, 3.63) is 11.6 Å². The molecule has 0 aromatic carbocycles. The highest BCUT2D eigenvalue weighted by atomic mass is 16.6.